The minimum atomic E-state index is -0.421. The largest absolute Gasteiger partial charge is 0.381 e. The molecule has 4 heteroatoms. The summed E-state index contributed by atoms with van der Waals surface area (Å²) in [6.45, 7) is 7.88. The van der Waals surface area contributed by atoms with Crippen LogP contribution in [0.4, 0.5) is 0 Å². The molecule has 17 heavy (non-hydrogen) atoms. The van der Waals surface area contributed by atoms with Gasteiger partial charge in [-0.15, -0.1) is 0 Å². The number of piperidine rings is 1. The van der Waals surface area contributed by atoms with E-state index < -0.39 is 5.54 Å². The molecule has 0 radical (unpaired) electrons. The van der Waals surface area contributed by atoms with Gasteiger partial charge >= 0.3 is 0 Å². The van der Waals surface area contributed by atoms with Crippen LogP contribution in [0.15, 0.2) is 0 Å². The van der Waals surface area contributed by atoms with E-state index in [0.717, 1.165) is 45.4 Å². The molecular weight excluding hydrogens is 214 g/mol. The number of hydrogen-bond donors (Lipinski definition) is 1. The maximum atomic E-state index is 9.28. The summed E-state index contributed by atoms with van der Waals surface area (Å²) in [7, 11) is 1.78. The van der Waals surface area contributed by atoms with Gasteiger partial charge in [0, 0.05) is 26.7 Å². The van der Waals surface area contributed by atoms with Gasteiger partial charge in [0.15, 0.2) is 0 Å². The Bertz CT molecular complexity index is 256. The lowest BCUT2D eigenvalue weighted by Crippen LogP contribution is -2.52. The Kier molecular flexibility index (Phi) is 5.90. The average Bonchev–Trinajstić information content (AvgIpc) is 2.37. The lowest BCUT2D eigenvalue weighted by molar-refractivity contribution is 0.0361. The molecule has 0 bridgehead atoms. The van der Waals surface area contributed by atoms with Gasteiger partial charge in [-0.3, -0.25) is 5.32 Å². The molecule has 0 saturated carbocycles. The minimum Gasteiger partial charge on any atom is -0.381 e. The highest BCUT2D eigenvalue weighted by Gasteiger charge is 2.28. The van der Waals surface area contributed by atoms with Crippen molar-refractivity contribution >= 4 is 0 Å². The summed E-state index contributed by atoms with van der Waals surface area (Å²) in [6.07, 6.45) is 3.61. The quantitative estimate of drug-likeness (QED) is 0.761. The van der Waals surface area contributed by atoms with Crippen molar-refractivity contribution in [1.82, 2.24) is 10.2 Å². The van der Waals surface area contributed by atoms with Crippen LogP contribution in [0.25, 0.3) is 0 Å². The van der Waals surface area contributed by atoms with Crippen molar-refractivity contribution < 1.29 is 4.74 Å². The molecule has 0 aromatic carbocycles. The van der Waals surface area contributed by atoms with Gasteiger partial charge in [-0.25, -0.2) is 0 Å². The fraction of sp³-hybridized carbons (Fsp3) is 0.923. The number of methoxy groups -OCH3 is 1. The third-order valence-electron chi connectivity index (χ3n) is 3.42. The predicted octanol–water partition coefficient (Wildman–Crippen LogP) is 1.38. The van der Waals surface area contributed by atoms with E-state index >= 15 is 0 Å². The smallest absolute Gasteiger partial charge is 0.116 e. The van der Waals surface area contributed by atoms with Crippen LogP contribution in [0.2, 0.25) is 0 Å². The first kappa shape index (κ1) is 14.4. The second kappa shape index (κ2) is 6.95. The number of hydrogen-bond acceptors (Lipinski definition) is 4. The fourth-order valence-corrected chi connectivity index (χ4v) is 2.28. The van der Waals surface area contributed by atoms with Crippen LogP contribution in [-0.2, 0) is 4.74 Å². The molecule has 4 nitrogen and oxygen atoms in total. The lowest BCUT2D eigenvalue weighted by atomic mass is 10.0. The molecule has 1 fully saturated rings. The zero-order chi connectivity index (χ0) is 12.7. The predicted molar refractivity (Wildman–Crippen MR) is 68.8 cm³/mol. The second-order valence-electron chi connectivity index (χ2n) is 5.08. The van der Waals surface area contributed by atoms with E-state index in [0.29, 0.717) is 6.10 Å². The van der Waals surface area contributed by atoms with Crippen LogP contribution in [-0.4, -0.2) is 49.8 Å². The normalized spacial score (nSPS) is 22.0. The van der Waals surface area contributed by atoms with Gasteiger partial charge in [0.1, 0.15) is 5.54 Å². The van der Waals surface area contributed by atoms with Crippen LogP contribution in [0.5, 0.6) is 0 Å². The van der Waals surface area contributed by atoms with E-state index in [4.69, 9.17) is 4.74 Å². The molecular formula is C13H25N3O. The molecule has 1 N–H and O–H groups in total. The molecule has 1 unspecified atom stereocenters. The Labute approximate surface area is 105 Å². The van der Waals surface area contributed by atoms with E-state index in [-0.39, 0.29) is 0 Å². The van der Waals surface area contributed by atoms with E-state index in [9.17, 15) is 5.26 Å². The van der Waals surface area contributed by atoms with E-state index in [1.807, 2.05) is 6.92 Å². The molecule has 1 aliphatic heterocycles. The Morgan fingerprint density at radius 1 is 1.47 bits per heavy atom. The summed E-state index contributed by atoms with van der Waals surface area (Å²) in [5.41, 5.74) is -0.421. The Hall–Kier alpha value is -0.630. The van der Waals surface area contributed by atoms with Gasteiger partial charge in [0.25, 0.3) is 0 Å². The molecule has 0 aromatic rings. The molecule has 1 rings (SSSR count). The van der Waals surface area contributed by atoms with Crippen molar-refractivity contribution in [1.29, 1.82) is 5.26 Å². The molecule has 98 valence electrons. The van der Waals surface area contributed by atoms with Crippen LogP contribution in [0.3, 0.4) is 0 Å². The van der Waals surface area contributed by atoms with Crippen molar-refractivity contribution in [2.24, 2.45) is 0 Å². The summed E-state index contributed by atoms with van der Waals surface area (Å²) in [5, 5.41) is 12.6. The monoisotopic (exact) mass is 239 g/mol. The number of likely N-dealkylation sites (tertiary alicyclic amines) is 1. The number of nitrogens with zero attached hydrogens (tertiary/aromatic N) is 2. The first-order valence-corrected chi connectivity index (χ1v) is 6.55. The summed E-state index contributed by atoms with van der Waals surface area (Å²) in [5.74, 6) is 0. The summed E-state index contributed by atoms with van der Waals surface area (Å²) >= 11 is 0. The van der Waals surface area contributed by atoms with Gasteiger partial charge in [-0.1, -0.05) is 6.92 Å². The van der Waals surface area contributed by atoms with E-state index in [1.54, 1.807) is 7.11 Å². The maximum absolute atomic E-state index is 9.28. The second-order valence-corrected chi connectivity index (χ2v) is 5.08. The van der Waals surface area contributed by atoms with Gasteiger partial charge in [-0.2, -0.15) is 5.26 Å². The first-order chi connectivity index (χ1) is 8.13. The van der Waals surface area contributed by atoms with E-state index in [2.05, 4.69) is 23.2 Å². The molecule has 1 aliphatic rings. The van der Waals surface area contributed by atoms with Crippen LogP contribution in [0.1, 0.15) is 33.1 Å². The first-order valence-electron chi connectivity index (χ1n) is 6.55. The summed E-state index contributed by atoms with van der Waals surface area (Å²) in [4.78, 5) is 2.36. The van der Waals surface area contributed by atoms with Gasteiger partial charge in [0.2, 0.25) is 0 Å². The zero-order valence-electron chi connectivity index (χ0n) is 11.3. The van der Waals surface area contributed by atoms with Crippen molar-refractivity contribution in [3.63, 3.8) is 0 Å². The zero-order valence-corrected chi connectivity index (χ0v) is 11.3. The Balaban J connectivity index is 2.39. The molecule has 0 spiro atoms. The van der Waals surface area contributed by atoms with Crippen molar-refractivity contribution in [3.05, 3.63) is 0 Å². The highest BCUT2D eigenvalue weighted by atomic mass is 16.5. The molecule has 1 heterocycles. The lowest BCUT2D eigenvalue weighted by Gasteiger charge is -2.36. The number of nitrogens with one attached hydrogen (secondary N) is 1. The van der Waals surface area contributed by atoms with Crippen LogP contribution >= 0.6 is 0 Å². The highest BCUT2D eigenvalue weighted by molar-refractivity contribution is 5.06. The van der Waals surface area contributed by atoms with Gasteiger partial charge in [0.05, 0.1) is 12.2 Å². The minimum absolute atomic E-state index is 0.406. The standard InChI is InChI=1S/C13H25N3O/c1-4-7-15-13(2,10-14)11-16-8-5-12(17-3)6-9-16/h12,15H,4-9,11H2,1-3H3. The SMILES string of the molecule is CCCNC(C)(C#N)CN1CCC(OC)CC1. The fourth-order valence-electron chi connectivity index (χ4n) is 2.28. The average molecular weight is 239 g/mol. The third-order valence-corrected chi connectivity index (χ3v) is 3.42. The summed E-state index contributed by atoms with van der Waals surface area (Å²) < 4.78 is 5.35. The topological polar surface area (TPSA) is 48.3 Å². The van der Waals surface area contributed by atoms with Gasteiger partial charge < -0.3 is 9.64 Å². The molecule has 1 atom stereocenters. The third kappa shape index (κ3) is 4.63. The molecule has 1 saturated heterocycles. The Morgan fingerprint density at radius 3 is 2.59 bits per heavy atom. The highest BCUT2D eigenvalue weighted by Crippen LogP contribution is 2.15. The van der Waals surface area contributed by atoms with Crippen molar-refractivity contribution in [2.45, 2.75) is 44.8 Å². The molecule has 0 aliphatic carbocycles. The molecule has 0 amide bonds. The van der Waals surface area contributed by atoms with Gasteiger partial charge in [-0.05, 0) is 32.7 Å². The van der Waals surface area contributed by atoms with Crippen LogP contribution < -0.4 is 5.32 Å². The Morgan fingerprint density at radius 2 is 2.12 bits per heavy atom. The van der Waals surface area contributed by atoms with Crippen molar-refractivity contribution in [3.8, 4) is 6.07 Å². The van der Waals surface area contributed by atoms with Crippen molar-refractivity contribution in [2.75, 3.05) is 33.3 Å². The molecule has 0 aromatic heterocycles. The number of ether oxygens (including phenoxy) is 1. The maximum Gasteiger partial charge on any atom is 0.116 e. The summed E-state index contributed by atoms with van der Waals surface area (Å²) in [6, 6.07) is 2.40. The number of rotatable bonds is 6. The van der Waals surface area contributed by atoms with Crippen LogP contribution in [0, 0.1) is 11.3 Å². The number of nitriles is 1. The van der Waals surface area contributed by atoms with E-state index in [1.165, 1.54) is 0 Å².